The third kappa shape index (κ3) is 2.27. The van der Waals surface area contributed by atoms with E-state index in [1.807, 2.05) is 13.0 Å². The topological polar surface area (TPSA) is 3.24 Å². The van der Waals surface area contributed by atoms with Gasteiger partial charge in [0.1, 0.15) is 5.82 Å². The highest BCUT2D eigenvalue weighted by atomic mass is 79.9. The van der Waals surface area contributed by atoms with E-state index in [9.17, 15) is 4.39 Å². The maximum atomic E-state index is 13.3. The summed E-state index contributed by atoms with van der Waals surface area (Å²) in [6, 6.07) is 3.41. The van der Waals surface area contributed by atoms with Crippen LogP contribution in [-0.2, 0) is 0 Å². The van der Waals surface area contributed by atoms with Crippen LogP contribution >= 0.6 is 15.9 Å². The Hall–Kier alpha value is -0.570. The quantitative estimate of drug-likeness (QED) is 0.800. The highest BCUT2D eigenvalue weighted by Crippen LogP contribution is 2.26. The van der Waals surface area contributed by atoms with Gasteiger partial charge in [0.05, 0.1) is 4.47 Å². The van der Waals surface area contributed by atoms with Crippen molar-refractivity contribution in [1.29, 1.82) is 0 Å². The lowest BCUT2D eigenvalue weighted by molar-refractivity contribution is 0.619. The van der Waals surface area contributed by atoms with Gasteiger partial charge >= 0.3 is 0 Å². The standard InChI is InChI=1S/C11H15BrFN/c1-4-14(5-2)11-7-10(13)9(12)6-8(11)3/h6-7H,4-5H2,1-3H3. The molecule has 0 aromatic heterocycles. The van der Waals surface area contributed by atoms with Crippen molar-refractivity contribution in [3.8, 4) is 0 Å². The van der Waals surface area contributed by atoms with Gasteiger partial charge in [-0.1, -0.05) is 0 Å². The van der Waals surface area contributed by atoms with E-state index in [2.05, 4.69) is 34.7 Å². The van der Waals surface area contributed by atoms with Crippen molar-refractivity contribution in [2.24, 2.45) is 0 Å². The molecule has 3 heteroatoms. The van der Waals surface area contributed by atoms with Gasteiger partial charge in [-0.05, 0) is 54.4 Å². The number of benzene rings is 1. The van der Waals surface area contributed by atoms with Crippen LogP contribution in [0.4, 0.5) is 10.1 Å². The lowest BCUT2D eigenvalue weighted by Crippen LogP contribution is -2.22. The molecule has 0 aliphatic carbocycles. The molecule has 0 aliphatic heterocycles. The van der Waals surface area contributed by atoms with Crippen molar-refractivity contribution in [3.05, 3.63) is 28.0 Å². The fourth-order valence-electron chi connectivity index (χ4n) is 1.54. The van der Waals surface area contributed by atoms with E-state index in [0.717, 1.165) is 24.3 Å². The van der Waals surface area contributed by atoms with Crippen LogP contribution in [0.2, 0.25) is 0 Å². The minimum Gasteiger partial charge on any atom is -0.372 e. The summed E-state index contributed by atoms with van der Waals surface area (Å²) in [7, 11) is 0. The summed E-state index contributed by atoms with van der Waals surface area (Å²) in [5, 5.41) is 0. The van der Waals surface area contributed by atoms with E-state index < -0.39 is 0 Å². The third-order valence-electron chi connectivity index (χ3n) is 2.34. The molecule has 0 amide bonds. The molecule has 0 radical (unpaired) electrons. The first-order valence-electron chi connectivity index (χ1n) is 4.80. The van der Waals surface area contributed by atoms with Gasteiger partial charge in [0.25, 0.3) is 0 Å². The Morgan fingerprint density at radius 1 is 1.29 bits per heavy atom. The first-order valence-corrected chi connectivity index (χ1v) is 5.60. The number of hydrogen-bond donors (Lipinski definition) is 0. The average Bonchev–Trinajstić information content (AvgIpc) is 2.15. The maximum Gasteiger partial charge on any atom is 0.139 e. The van der Waals surface area contributed by atoms with Gasteiger partial charge < -0.3 is 4.90 Å². The second-order valence-electron chi connectivity index (χ2n) is 3.23. The van der Waals surface area contributed by atoms with Crippen molar-refractivity contribution in [2.45, 2.75) is 20.8 Å². The maximum absolute atomic E-state index is 13.3. The van der Waals surface area contributed by atoms with Crippen LogP contribution in [0.25, 0.3) is 0 Å². The van der Waals surface area contributed by atoms with Crippen LogP contribution in [0.3, 0.4) is 0 Å². The molecule has 1 nitrogen and oxygen atoms in total. The van der Waals surface area contributed by atoms with Crippen molar-refractivity contribution in [3.63, 3.8) is 0 Å². The van der Waals surface area contributed by atoms with E-state index in [-0.39, 0.29) is 5.82 Å². The second-order valence-corrected chi connectivity index (χ2v) is 4.08. The normalized spacial score (nSPS) is 10.4. The number of halogens is 2. The Morgan fingerprint density at radius 2 is 1.86 bits per heavy atom. The zero-order valence-corrected chi connectivity index (χ0v) is 10.4. The van der Waals surface area contributed by atoms with Gasteiger partial charge in [0.15, 0.2) is 0 Å². The summed E-state index contributed by atoms with van der Waals surface area (Å²) in [5.41, 5.74) is 2.08. The van der Waals surface area contributed by atoms with Crippen LogP contribution in [0.15, 0.2) is 16.6 Å². The summed E-state index contributed by atoms with van der Waals surface area (Å²) in [4.78, 5) is 2.14. The summed E-state index contributed by atoms with van der Waals surface area (Å²) in [6.45, 7) is 7.94. The predicted molar refractivity (Wildman–Crippen MR) is 62.4 cm³/mol. The highest BCUT2D eigenvalue weighted by Gasteiger charge is 2.09. The molecule has 78 valence electrons. The SMILES string of the molecule is CCN(CC)c1cc(F)c(Br)cc1C. The number of aryl methyl sites for hydroxylation is 1. The molecule has 0 saturated heterocycles. The Labute approximate surface area is 93.0 Å². The molecule has 0 aliphatic rings. The molecule has 0 unspecified atom stereocenters. The van der Waals surface area contributed by atoms with Crippen LogP contribution in [0, 0.1) is 12.7 Å². The Balaban J connectivity index is 3.14. The Kier molecular flexibility index (Phi) is 3.93. The van der Waals surface area contributed by atoms with Crippen molar-refractivity contribution in [1.82, 2.24) is 0 Å². The van der Waals surface area contributed by atoms with Crippen LogP contribution in [-0.4, -0.2) is 13.1 Å². The minimum atomic E-state index is -0.197. The summed E-state index contributed by atoms with van der Waals surface area (Å²) in [6.07, 6.45) is 0. The highest BCUT2D eigenvalue weighted by molar-refractivity contribution is 9.10. The number of hydrogen-bond acceptors (Lipinski definition) is 1. The lowest BCUT2D eigenvalue weighted by Gasteiger charge is -2.23. The van der Waals surface area contributed by atoms with Gasteiger partial charge in [-0.25, -0.2) is 4.39 Å². The van der Waals surface area contributed by atoms with E-state index in [4.69, 9.17) is 0 Å². The molecule has 0 saturated carbocycles. The molecule has 0 N–H and O–H groups in total. The average molecular weight is 260 g/mol. The van der Waals surface area contributed by atoms with Crippen molar-refractivity contribution < 1.29 is 4.39 Å². The number of rotatable bonds is 3. The molecule has 14 heavy (non-hydrogen) atoms. The molecule has 0 spiro atoms. The van der Waals surface area contributed by atoms with E-state index >= 15 is 0 Å². The molecule has 1 rings (SSSR count). The van der Waals surface area contributed by atoms with Crippen LogP contribution in [0.1, 0.15) is 19.4 Å². The van der Waals surface area contributed by atoms with Gasteiger partial charge in [0, 0.05) is 18.8 Å². The third-order valence-corrected chi connectivity index (χ3v) is 2.95. The zero-order chi connectivity index (χ0) is 10.7. The summed E-state index contributed by atoms with van der Waals surface area (Å²) < 4.78 is 13.9. The molecule has 0 heterocycles. The molecule has 0 bridgehead atoms. The Morgan fingerprint density at radius 3 is 2.36 bits per heavy atom. The van der Waals surface area contributed by atoms with Crippen molar-refractivity contribution >= 4 is 21.6 Å². The minimum absolute atomic E-state index is 0.197. The second kappa shape index (κ2) is 4.78. The Bertz CT molecular complexity index is 321. The zero-order valence-electron chi connectivity index (χ0n) is 8.77. The molecule has 1 aromatic rings. The first-order chi connectivity index (χ1) is 6.60. The smallest absolute Gasteiger partial charge is 0.139 e. The van der Waals surface area contributed by atoms with Gasteiger partial charge in [-0.2, -0.15) is 0 Å². The fraction of sp³-hybridized carbons (Fsp3) is 0.455. The predicted octanol–water partition coefficient (Wildman–Crippen LogP) is 3.74. The summed E-state index contributed by atoms with van der Waals surface area (Å²) in [5.74, 6) is -0.197. The van der Waals surface area contributed by atoms with Crippen molar-refractivity contribution in [2.75, 3.05) is 18.0 Å². The lowest BCUT2D eigenvalue weighted by atomic mass is 10.1. The van der Waals surface area contributed by atoms with Gasteiger partial charge in [-0.3, -0.25) is 0 Å². The molecular weight excluding hydrogens is 245 g/mol. The van der Waals surface area contributed by atoms with Crippen LogP contribution in [0.5, 0.6) is 0 Å². The number of nitrogens with zero attached hydrogens (tertiary/aromatic N) is 1. The first kappa shape index (κ1) is 11.5. The van der Waals surface area contributed by atoms with Gasteiger partial charge in [-0.15, -0.1) is 0 Å². The van der Waals surface area contributed by atoms with E-state index in [1.54, 1.807) is 6.07 Å². The molecule has 0 atom stereocenters. The van der Waals surface area contributed by atoms with Crippen LogP contribution < -0.4 is 4.90 Å². The number of anilines is 1. The molecular formula is C11H15BrFN. The fourth-order valence-corrected chi connectivity index (χ4v) is 2.00. The monoisotopic (exact) mass is 259 g/mol. The molecule has 1 aromatic carbocycles. The van der Waals surface area contributed by atoms with E-state index in [1.165, 1.54) is 0 Å². The van der Waals surface area contributed by atoms with Gasteiger partial charge in [0.2, 0.25) is 0 Å². The summed E-state index contributed by atoms with van der Waals surface area (Å²) >= 11 is 3.18. The van der Waals surface area contributed by atoms with E-state index in [0.29, 0.717) is 4.47 Å². The molecule has 0 fully saturated rings. The largest absolute Gasteiger partial charge is 0.372 e.